The van der Waals surface area contributed by atoms with Crippen molar-refractivity contribution in [3.05, 3.63) is 29.6 Å². The van der Waals surface area contributed by atoms with Gasteiger partial charge in [-0.05, 0) is 44.2 Å². The number of ether oxygens (including phenoxy) is 1. The fraction of sp³-hybridized carbons (Fsp3) is 0.625. The van der Waals surface area contributed by atoms with Gasteiger partial charge in [-0.15, -0.1) is 0 Å². The number of halogens is 1. The SMILES string of the molecule is CCC1CCCC(Oc2cc(F)ccc2[C@@H](C)O)C1. The summed E-state index contributed by atoms with van der Waals surface area (Å²) in [5.41, 5.74) is 0.667. The fourth-order valence-electron chi connectivity index (χ4n) is 2.85. The van der Waals surface area contributed by atoms with E-state index in [1.165, 1.54) is 31.4 Å². The second-order valence-electron chi connectivity index (χ2n) is 5.54. The average molecular weight is 266 g/mol. The van der Waals surface area contributed by atoms with Crippen molar-refractivity contribution in [1.29, 1.82) is 0 Å². The minimum Gasteiger partial charge on any atom is -0.490 e. The third kappa shape index (κ3) is 3.69. The molecule has 1 aromatic carbocycles. The van der Waals surface area contributed by atoms with Gasteiger partial charge in [-0.25, -0.2) is 4.39 Å². The smallest absolute Gasteiger partial charge is 0.128 e. The molecular formula is C16H23FO2. The molecule has 0 radical (unpaired) electrons. The molecule has 3 heteroatoms. The normalized spacial score (nSPS) is 25.1. The summed E-state index contributed by atoms with van der Waals surface area (Å²) in [6, 6.07) is 4.36. The lowest BCUT2D eigenvalue weighted by atomic mass is 9.85. The Bertz CT molecular complexity index is 417. The summed E-state index contributed by atoms with van der Waals surface area (Å²) in [6.07, 6.45) is 5.18. The molecule has 1 fully saturated rings. The highest BCUT2D eigenvalue weighted by atomic mass is 19.1. The Hall–Kier alpha value is -1.09. The molecule has 1 saturated carbocycles. The molecule has 0 spiro atoms. The van der Waals surface area contributed by atoms with Gasteiger partial charge in [0.25, 0.3) is 0 Å². The predicted octanol–water partition coefficient (Wildman–Crippen LogP) is 4.23. The molecule has 1 aliphatic carbocycles. The molecule has 0 heterocycles. The predicted molar refractivity (Wildman–Crippen MR) is 73.7 cm³/mol. The van der Waals surface area contributed by atoms with Crippen molar-refractivity contribution < 1.29 is 14.2 Å². The van der Waals surface area contributed by atoms with Gasteiger partial charge in [0.2, 0.25) is 0 Å². The van der Waals surface area contributed by atoms with Crippen molar-refractivity contribution in [2.45, 2.75) is 58.2 Å². The fourth-order valence-corrected chi connectivity index (χ4v) is 2.85. The number of aliphatic hydroxyl groups is 1. The first-order chi connectivity index (χ1) is 9.10. The molecule has 2 nitrogen and oxygen atoms in total. The Kier molecular flexibility index (Phi) is 4.81. The molecule has 0 aromatic heterocycles. The van der Waals surface area contributed by atoms with Crippen LogP contribution in [0.4, 0.5) is 4.39 Å². The topological polar surface area (TPSA) is 29.5 Å². The zero-order valence-corrected chi connectivity index (χ0v) is 11.7. The minimum absolute atomic E-state index is 0.151. The van der Waals surface area contributed by atoms with Crippen LogP contribution in [0.5, 0.6) is 5.75 Å². The Labute approximate surface area is 114 Å². The molecule has 0 aliphatic heterocycles. The summed E-state index contributed by atoms with van der Waals surface area (Å²) >= 11 is 0. The molecule has 1 N–H and O–H groups in total. The van der Waals surface area contributed by atoms with E-state index in [1.54, 1.807) is 13.0 Å². The first-order valence-corrected chi connectivity index (χ1v) is 7.24. The zero-order valence-electron chi connectivity index (χ0n) is 11.7. The van der Waals surface area contributed by atoms with E-state index in [-0.39, 0.29) is 11.9 Å². The van der Waals surface area contributed by atoms with E-state index in [9.17, 15) is 9.50 Å². The number of aliphatic hydroxyl groups excluding tert-OH is 1. The number of rotatable bonds is 4. The van der Waals surface area contributed by atoms with E-state index >= 15 is 0 Å². The second-order valence-corrected chi connectivity index (χ2v) is 5.54. The maximum atomic E-state index is 13.3. The number of benzene rings is 1. The zero-order chi connectivity index (χ0) is 13.8. The van der Waals surface area contributed by atoms with Crippen LogP contribution in [0.1, 0.15) is 57.6 Å². The summed E-state index contributed by atoms with van der Waals surface area (Å²) in [6.45, 7) is 3.88. The highest BCUT2D eigenvalue weighted by molar-refractivity contribution is 5.35. The van der Waals surface area contributed by atoms with Gasteiger partial charge in [-0.1, -0.05) is 19.8 Å². The van der Waals surface area contributed by atoms with Crippen molar-refractivity contribution in [1.82, 2.24) is 0 Å². The molecule has 2 unspecified atom stereocenters. The maximum absolute atomic E-state index is 13.3. The van der Waals surface area contributed by atoms with Gasteiger partial charge in [-0.2, -0.15) is 0 Å². The molecule has 0 bridgehead atoms. The van der Waals surface area contributed by atoms with Gasteiger partial charge in [0.05, 0.1) is 12.2 Å². The molecule has 19 heavy (non-hydrogen) atoms. The minimum atomic E-state index is -0.638. The first-order valence-electron chi connectivity index (χ1n) is 7.24. The summed E-state index contributed by atoms with van der Waals surface area (Å²) in [7, 11) is 0. The molecular weight excluding hydrogens is 243 g/mol. The molecule has 0 amide bonds. The Balaban J connectivity index is 2.11. The number of hydrogen-bond acceptors (Lipinski definition) is 2. The van der Waals surface area contributed by atoms with Gasteiger partial charge < -0.3 is 9.84 Å². The summed E-state index contributed by atoms with van der Waals surface area (Å²) in [5.74, 6) is 0.890. The van der Waals surface area contributed by atoms with Crippen molar-refractivity contribution >= 4 is 0 Å². The van der Waals surface area contributed by atoms with E-state index in [0.29, 0.717) is 17.2 Å². The lowest BCUT2D eigenvalue weighted by molar-refractivity contribution is 0.114. The van der Waals surface area contributed by atoms with Crippen molar-refractivity contribution in [2.75, 3.05) is 0 Å². The second kappa shape index (κ2) is 6.38. The van der Waals surface area contributed by atoms with E-state index in [4.69, 9.17) is 4.74 Å². The van der Waals surface area contributed by atoms with Gasteiger partial charge in [0.15, 0.2) is 0 Å². The van der Waals surface area contributed by atoms with Crippen LogP contribution in [0.2, 0.25) is 0 Å². The molecule has 3 atom stereocenters. The molecule has 0 saturated heterocycles. The quantitative estimate of drug-likeness (QED) is 0.883. The van der Waals surface area contributed by atoms with Crippen LogP contribution in [0.15, 0.2) is 18.2 Å². The average Bonchev–Trinajstić information content (AvgIpc) is 2.38. The van der Waals surface area contributed by atoms with E-state index in [1.807, 2.05) is 0 Å². The van der Waals surface area contributed by atoms with Crippen LogP contribution in [-0.4, -0.2) is 11.2 Å². The summed E-state index contributed by atoms with van der Waals surface area (Å²) < 4.78 is 19.3. The molecule has 2 rings (SSSR count). The largest absolute Gasteiger partial charge is 0.490 e. The lowest BCUT2D eigenvalue weighted by Gasteiger charge is -2.29. The van der Waals surface area contributed by atoms with E-state index in [0.717, 1.165) is 12.8 Å². The van der Waals surface area contributed by atoms with Crippen molar-refractivity contribution in [3.8, 4) is 5.75 Å². The highest BCUT2D eigenvalue weighted by Crippen LogP contribution is 2.32. The monoisotopic (exact) mass is 266 g/mol. The van der Waals surface area contributed by atoms with Crippen LogP contribution in [-0.2, 0) is 0 Å². The molecule has 1 aliphatic rings. The Morgan fingerprint density at radius 2 is 2.21 bits per heavy atom. The van der Waals surface area contributed by atoms with Crippen LogP contribution < -0.4 is 4.74 Å². The van der Waals surface area contributed by atoms with Crippen LogP contribution >= 0.6 is 0 Å². The Morgan fingerprint density at radius 3 is 2.89 bits per heavy atom. The van der Waals surface area contributed by atoms with Gasteiger partial charge in [0, 0.05) is 11.6 Å². The highest BCUT2D eigenvalue weighted by Gasteiger charge is 2.23. The maximum Gasteiger partial charge on any atom is 0.128 e. The van der Waals surface area contributed by atoms with Crippen LogP contribution in [0.25, 0.3) is 0 Å². The third-order valence-electron chi connectivity index (χ3n) is 4.03. The van der Waals surface area contributed by atoms with Crippen LogP contribution in [0.3, 0.4) is 0 Å². The van der Waals surface area contributed by atoms with Crippen molar-refractivity contribution in [2.24, 2.45) is 5.92 Å². The van der Waals surface area contributed by atoms with Gasteiger partial charge in [0.1, 0.15) is 11.6 Å². The molecule has 1 aromatic rings. The van der Waals surface area contributed by atoms with Gasteiger partial charge >= 0.3 is 0 Å². The lowest BCUT2D eigenvalue weighted by Crippen LogP contribution is -2.25. The first kappa shape index (κ1) is 14.3. The van der Waals surface area contributed by atoms with Crippen molar-refractivity contribution in [3.63, 3.8) is 0 Å². The van der Waals surface area contributed by atoms with E-state index in [2.05, 4.69) is 6.92 Å². The standard InChI is InChI=1S/C16H23FO2/c1-3-12-5-4-6-14(9-12)19-16-10-13(17)7-8-15(16)11(2)18/h7-8,10-12,14,18H,3-6,9H2,1-2H3/t11-,12?,14?/m1/s1. The van der Waals surface area contributed by atoms with E-state index < -0.39 is 6.10 Å². The third-order valence-corrected chi connectivity index (χ3v) is 4.03. The number of hydrogen-bond donors (Lipinski definition) is 1. The molecule has 106 valence electrons. The van der Waals surface area contributed by atoms with Gasteiger partial charge in [-0.3, -0.25) is 0 Å². The Morgan fingerprint density at radius 1 is 1.42 bits per heavy atom. The summed E-state index contributed by atoms with van der Waals surface area (Å²) in [4.78, 5) is 0. The summed E-state index contributed by atoms with van der Waals surface area (Å²) in [5, 5.41) is 9.72. The van der Waals surface area contributed by atoms with Crippen LogP contribution in [0, 0.1) is 11.7 Å².